The summed E-state index contributed by atoms with van der Waals surface area (Å²) < 4.78 is 5.46. The minimum Gasteiger partial charge on any atom is -0.497 e. The number of aromatic nitrogens is 1. The molecule has 0 bridgehead atoms. The van der Waals surface area contributed by atoms with Crippen LogP contribution in [-0.4, -0.2) is 17.8 Å². The third-order valence-corrected chi connectivity index (χ3v) is 7.58. The number of anilines is 1. The molecule has 0 saturated carbocycles. The lowest BCUT2D eigenvalue weighted by Gasteiger charge is -2.29. The van der Waals surface area contributed by atoms with Crippen LogP contribution in [0.5, 0.6) is 5.75 Å². The zero-order chi connectivity index (χ0) is 22.4. The molecule has 0 saturated heterocycles. The molecule has 2 atom stereocenters. The molecule has 0 unspecified atom stereocenters. The number of hydrogen-bond donors (Lipinski definition) is 0. The molecule has 1 aliphatic heterocycles. The standard InChI is InChI=1S/C27H22ClN3OS/c1-32-21-12-14-22-19(15-21)9-13-23-25(22)30-31(26(23)18-5-3-2-4-6-18)27-29-24(16-33-27)17-7-10-20(28)11-8-17/h2-8,10-12,14-16,23,26H,9,13H2,1H3/t23-,26+/m0/s1. The maximum atomic E-state index is 6.07. The van der Waals surface area contributed by atoms with Gasteiger partial charge in [-0.15, -0.1) is 11.3 Å². The van der Waals surface area contributed by atoms with Crippen LogP contribution in [0.4, 0.5) is 5.13 Å². The topological polar surface area (TPSA) is 37.7 Å². The first kappa shape index (κ1) is 20.5. The largest absolute Gasteiger partial charge is 0.497 e. The number of methoxy groups -OCH3 is 1. The number of fused-ring (bicyclic) bond motifs is 3. The van der Waals surface area contributed by atoms with Crippen molar-refractivity contribution in [3.8, 4) is 17.0 Å². The predicted octanol–water partition coefficient (Wildman–Crippen LogP) is 7.00. The smallest absolute Gasteiger partial charge is 0.207 e. The van der Waals surface area contributed by atoms with E-state index in [2.05, 4.69) is 52.9 Å². The van der Waals surface area contributed by atoms with Crippen molar-refractivity contribution in [2.24, 2.45) is 11.0 Å². The van der Waals surface area contributed by atoms with Gasteiger partial charge in [-0.25, -0.2) is 9.99 Å². The number of hydrogen-bond acceptors (Lipinski definition) is 5. The molecule has 0 radical (unpaired) electrons. The van der Waals surface area contributed by atoms with Crippen molar-refractivity contribution in [2.75, 3.05) is 12.1 Å². The minimum atomic E-state index is 0.126. The molecule has 6 rings (SSSR count). The van der Waals surface area contributed by atoms with Crippen molar-refractivity contribution >= 4 is 33.8 Å². The third kappa shape index (κ3) is 3.62. The first-order chi connectivity index (χ1) is 16.2. The molecule has 1 aromatic heterocycles. The molecule has 2 aliphatic rings. The fourth-order valence-corrected chi connectivity index (χ4v) is 5.84. The fraction of sp³-hybridized carbons (Fsp3) is 0.185. The monoisotopic (exact) mass is 471 g/mol. The van der Waals surface area contributed by atoms with Gasteiger partial charge >= 0.3 is 0 Å². The van der Waals surface area contributed by atoms with Crippen LogP contribution in [0, 0.1) is 5.92 Å². The Kier molecular flexibility index (Phi) is 5.16. The number of rotatable bonds is 4. The summed E-state index contributed by atoms with van der Waals surface area (Å²) >= 11 is 7.71. The Balaban J connectivity index is 1.43. The Bertz CT molecular complexity index is 1330. The van der Waals surface area contributed by atoms with Crippen molar-refractivity contribution < 1.29 is 4.74 Å². The van der Waals surface area contributed by atoms with E-state index < -0.39 is 0 Å². The molecular formula is C27H22ClN3OS. The summed E-state index contributed by atoms with van der Waals surface area (Å²) in [5.41, 5.74) is 6.94. The van der Waals surface area contributed by atoms with Crippen molar-refractivity contribution in [1.82, 2.24) is 4.98 Å². The maximum absolute atomic E-state index is 6.07. The summed E-state index contributed by atoms with van der Waals surface area (Å²) in [6, 6.07) is 25.0. The van der Waals surface area contributed by atoms with E-state index >= 15 is 0 Å². The lowest BCUT2D eigenvalue weighted by atomic mass is 9.77. The van der Waals surface area contributed by atoms with Crippen LogP contribution in [0.25, 0.3) is 11.3 Å². The van der Waals surface area contributed by atoms with Crippen LogP contribution in [0.3, 0.4) is 0 Å². The van der Waals surface area contributed by atoms with Gasteiger partial charge in [0.2, 0.25) is 5.13 Å². The molecule has 2 heterocycles. The van der Waals surface area contributed by atoms with Gasteiger partial charge < -0.3 is 4.74 Å². The van der Waals surface area contributed by atoms with Crippen LogP contribution < -0.4 is 9.75 Å². The highest BCUT2D eigenvalue weighted by atomic mass is 35.5. The first-order valence-electron chi connectivity index (χ1n) is 11.0. The summed E-state index contributed by atoms with van der Waals surface area (Å²) in [5, 5.41) is 11.1. The van der Waals surface area contributed by atoms with Gasteiger partial charge in [0, 0.05) is 27.4 Å². The zero-order valence-corrected chi connectivity index (χ0v) is 19.7. The number of aryl methyl sites for hydroxylation is 1. The highest BCUT2D eigenvalue weighted by Crippen LogP contribution is 2.46. The van der Waals surface area contributed by atoms with Gasteiger partial charge in [-0.3, -0.25) is 0 Å². The van der Waals surface area contributed by atoms with Gasteiger partial charge in [0.15, 0.2) is 0 Å². The van der Waals surface area contributed by atoms with Crippen molar-refractivity contribution in [1.29, 1.82) is 0 Å². The normalized spacial score (nSPS) is 19.1. The number of thiazole rings is 1. The van der Waals surface area contributed by atoms with E-state index in [0.29, 0.717) is 5.92 Å². The van der Waals surface area contributed by atoms with E-state index in [1.54, 1.807) is 18.4 Å². The van der Waals surface area contributed by atoms with Gasteiger partial charge in [-0.2, -0.15) is 5.10 Å². The summed E-state index contributed by atoms with van der Waals surface area (Å²) in [6.45, 7) is 0. The van der Waals surface area contributed by atoms with E-state index in [1.165, 1.54) is 16.7 Å². The van der Waals surface area contributed by atoms with Crippen LogP contribution >= 0.6 is 22.9 Å². The number of ether oxygens (including phenoxy) is 1. The third-order valence-electron chi connectivity index (χ3n) is 6.49. The number of benzene rings is 3. The van der Waals surface area contributed by atoms with Crippen LogP contribution in [-0.2, 0) is 6.42 Å². The first-order valence-corrected chi connectivity index (χ1v) is 12.3. The van der Waals surface area contributed by atoms with E-state index in [1.807, 2.05) is 30.3 Å². The average molecular weight is 472 g/mol. The van der Waals surface area contributed by atoms with E-state index in [4.69, 9.17) is 26.4 Å². The van der Waals surface area contributed by atoms with E-state index in [-0.39, 0.29) is 6.04 Å². The Morgan fingerprint density at radius 3 is 2.64 bits per heavy atom. The maximum Gasteiger partial charge on any atom is 0.207 e. The zero-order valence-electron chi connectivity index (χ0n) is 18.1. The Labute approximate surface area is 202 Å². The van der Waals surface area contributed by atoms with Crippen molar-refractivity contribution in [2.45, 2.75) is 18.9 Å². The molecular weight excluding hydrogens is 450 g/mol. The van der Waals surface area contributed by atoms with Crippen LogP contribution in [0.15, 0.2) is 83.3 Å². The van der Waals surface area contributed by atoms with Crippen molar-refractivity contribution in [3.63, 3.8) is 0 Å². The summed E-state index contributed by atoms with van der Waals surface area (Å²) in [6.07, 6.45) is 2.06. The molecule has 0 N–H and O–H groups in total. The molecule has 4 nitrogen and oxygen atoms in total. The minimum absolute atomic E-state index is 0.126. The molecule has 0 spiro atoms. The molecule has 164 valence electrons. The quantitative estimate of drug-likeness (QED) is 0.321. The fourth-order valence-electron chi connectivity index (χ4n) is 4.89. The van der Waals surface area contributed by atoms with Crippen LogP contribution in [0.1, 0.15) is 29.2 Å². The van der Waals surface area contributed by atoms with Gasteiger partial charge in [-0.1, -0.05) is 54.1 Å². The molecule has 4 aromatic rings. The Hall–Kier alpha value is -3.15. The molecule has 0 fully saturated rings. The van der Waals surface area contributed by atoms with Gasteiger partial charge in [0.05, 0.1) is 24.6 Å². The van der Waals surface area contributed by atoms with E-state index in [0.717, 1.165) is 45.7 Å². The highest BCUT2D eigenvalue weighted by molar-refractivity contribution is 7.14. The second-order valence-electron chi connectivity index (χ2n) is 8.38. The average Bonchev–Trinajstić information content (AvgIpc) is 3.50. The lowest BCUT2D eigenvalue weighted by Crippen LogP contribution is -2.28. The number of hydrazone groups is 1. The molecule has 0 amide bonds. The number of nitrogens with zero attached hydrogens (tertiary/aromatic N) is 3. The Morgan fingerprint density at radius 1 is 1.03 bits per heavy atom. The summed E-state index contributed by atoms with van der Waals surface area (Å²) in [5.74, 6) is 1.21. The Morgan fingerprint density at radius 2 is 1.85 bits per heavy atom. The molecule has 6 heteroatoms. The predicted molar refractivity (Wildman–Crippen MR) is 136 cm³/mol. The molecule has 33 heavy (non-hydrogen) atoms. The van der Waals surface area contributed by atoms with Crippen LogP contribution in [0.2, 0.25) is 5.02 Å². The second-order valence-corrected chi connectivity index (χ2v) is 9.65. The van der Waals surface area contributed by atoms with Crippen molar-refractivity contribution in [3.05, 3.63) is 99.9 Å². The SMILES string of the molecule is COc1ccc2c(c1)CC[C@H]1C2=NN(c2nc(-c3ccc(Cl)cc3)cs2)[C@@H]1c1ccccc1. The van der Waals surface area contributed by atoms with Gasteiger partial charge in [0.25, 0.3) is 0 Å². The van der Waals surface area contributed by atoms with E-state index in [9.17, 15) is 0 Å². The summed E-state index contributed by atoms with van der Waals surface area (Å²) in [7, 11) is 1.72. The molecule has 1 aliphatic carbocycles. The molecule has 3 aromatic carbocycles. The summed E-state index contributed by atoms with van der Waals surface area (Å²) in [4.78, 5) is 4.98. The van der Waals surface area contributed by atoms with Gasteiger partial charge in [0.1, 0.15) is 5.75 Å². The highest BCUT2D eigenvalue weighted by Gasteiger charge is 2.43. The lowest BCUT2D eigenvalue weighted by molar-refractivity contribution is 0.413. The number of halogens is 1. The van der Waals surface area contributed by atoms with Gasteiger partial charge in [-0.05, 0) is 54.3 Å². The second kappa shape index (κ2) is 8.32.